The van der Waals surface area contributed by atoms with E-state index in [9.17, 15) is 4.79 Å². The number of carbonyl (C=O) groups excluding carboxylic acids is 1. The highest BCUT2D eigenvalue weighted by molar-refractivity contribution is 6.31. The molecule has 1 heterocycles. The third-order valence-electron chi connectivity index (χ3n) is 4.85. The SMILES string of the molecule is C=CCN1CCC(CNC(=O)N(Cc2ccccc2Cl)C2CC2)C1. The van der Waals surface area contributed by atoms with Gasteiger partial charge in [-0.25, -0.2) is 4.79 Å². The first-order valence-electron chi connectivity index (χ1n) is 8.78. The smallest absolute Gasteiger partial charge is 0.317 e. The summed E-state index contributed by atoms with van der Waals surface area (Å²) in [4.78, 5) is 17.0. The zero-order chi connectivity index (χ0) is 16.9. The molecule has 3 rings (SSSR count). The maximum Gasteiger partial charge on any atom is 0.317 e. The molecule has 4 nitrogen and oxygen atoms in total. The molecule has 1 N–H and O–H groups in total. The van der Waals surface area contributed by atoms with Gasteiger partial charge in [-0.05, 0) is 43.4 Å². The van der Waals surface area contributed by atoms with E-state index in [0.29, 0.717) is 18.5 Å². The van der Waals surface area contributed by atoms with Crippen molar-refractivity contribution in [3.63, 3.8) is 0 Å². The number of likely N-dealkylation sites (tertiary alicyclic amines) is 1. The molecular weight excluding hydrogens is 322 g/mol. The van der Waals surface area contributed by atoms with Crippen molar-refractivity contribution in [3.8, 4) is 0 Å². The Kier molecular flexibility index (Phi) is 5.80. The Hall–Kier alpha value is -1.52. The van der Waals surface area contributed by atoms with Gasteiger partial charge in [-0.1, -0.05) is 35.9 Å². The minimum Gasteiger partial charge on any atom is -0.338 e. The van der Waals surface area contributed by atoms with Gasteiger partial charge in [0.05, 0.1) is 0 Å². The number of hydrogen-bond acceptors (Lipinski definition) is 2. The van der Waals surface area contributed by atoms with Crippen molar-refractivity contribution >= 4 is 17.6 Å². The van der Waals surface area contributed by atoms with Crippen LogP contribution in [-0.2, 0) is 6.54 Å². The van der Waals surface area contributed by atoms with Gasteiger partial charge in [0.1, 0.15) is 0 Å². The van der Waals surface area contributed by atoms with Crippen LogP contribution in [0.2, 0.25) is 5.02 Å². The standard InChI is InChI=1S/C19H26ClN3O/c1-2-10-22-11-9-15(13-22)12-21-19(24)23(17-7-8-17)14-16-5-3-4-6-18(16)20/h2-6,15,17H,1,7-14H2,(H,21,24). The van der Waals surface area contributed by atoms with Crippen LogP contribution < -0.4 is 5.32 Å². The summed E-state index contributed by atoms with van der Waals surface area (Å²) >= 11 is 6.25. The number of carbonyl (C=O) groups is 1. The molecule has 2 fully saturated rings. The molecule has 1 aromatic carbocycles. The lowest BCUT2D eigenvalue weighted by Gasteiger charge is -2.24. The number of nitrogens with one attached hydrogen (secondary N) is 1. The molecule has 1 saturated carbocycles. The van der Waals surface area contributed by atoms with Crippen molar-refractivity contribution in [2.24, 2.45) is 5.92 Å². The number of halogens is 1. The van der Waals surface area contributed by atoms with E-state index in [1.807, 2.05) is 35.2 Å². The monoisotopic (exact) mass is 347 g/mol. The first-order chi connectivity index (χ1) is 11.7. The normalized spacial score (nSPS) is 20.8. The Morgan fingerprint density at radius 1 is 1.38 bits per heavy atom. The van der Waals surface area contributed by atoms with Crippen LogP contribution in [0.3, 0.4) is 0 Å². The van der Waals surface area contributed by atoms with Crippen LogP contribution in [-0.4, -0.2) is 48.1 Å². The molecule has 1 atom stereocenters. The Labute approximate surface area is 149 Å². The van der Waals surface area contributed by atoms with Crippen LogP contribution in [0, 0.1) is 5.92 Å². The second kappa shape index (κ2) is 8.04. The average Bonchev–Trinajstić information content (AvgIpc) is 3.32. The summed E-state index contributed by atoms with van der Waals surface area (Å²) in [7, 11) is 0. The summed E-state index contributed by atoms with van der Waals surface area (Å²) in [5.41, 5.74) is 1.01. The fraction of sp³-hybridized carbons (Fsp3) is 0.526. The number of benzene rings is 1. The van der Waals surface area contributed by atoms with E-state index in [-0.39, 0.29) is 6.03 Å². The van der Waals surface area contributed by atoms with Crippen molar-refractivity contribution in [1.82, 2.24) is 15.1 Å². The van der Waals surface area contributed by atoms with E-state index < -0.39 is 0 Å². The van der Waals surface area contributed by atoms with Crippen LogP contribution in [0.1, 0.15) is 24.8 Å². The number of rotatable bonds is 7. The number of nitrogens with zero attached hydrogens (tertiary/aromatic N) is 2. The van der Waals surface area contributed by atoms with Crippen LogP contribution in [0.25, 0.3) is 0 Å². The molecule has 1 unspecified atom stereocenters. The van der Waals surface area contributed by atoms with E-state index in [4.69, 9.17) is 11.6 Å². The lowest BCUT2D eigenvalue weighted by molar-refractivity contribution is 0.190. The molecule has 1 saturated heterocycles. The average molecular weight is 348 g/mol. The zero-order valence-corrected chi connectivity index (χ0v) is 14.8. The third kappa shape index (κ3) is 4.52. The Bertz CT molecular complexity index is 588. The summed E-state index contributed by atoms with van der Waals surface area (Å²) < 4.78 is 0. The van der Waals surface area contributed by atoms with E-state index in [0.717, 1.165) is 56.0 Å². The van der Waals surface area contributed by atoms with Gasteiger partial charge in [-0.3, -0.25) is 4.90 Å². The quantitative estimate of drug-likeness (QED) is 0.766. The number of urea groups is 1. The van der Waals surface area contributed by atoms with Crippen molar-refractivity contribution in [2.45, 2.75) is 31.8 Å². The summed E-state index contributed by atoms with van der Waals surface area (Å²) in [5.74, 6) is 0.537. The minimum absolute atomic E-state index is 0.0413. The van der Waals surface area contributed by atoms with E-state index in [2.05, 4.69) is 16.8 Å². The van der Waals surface area contributed by atoms with Crippen molar-refractivity contribution < 1.29 is 4.79 Å². The molecule has 0 bridgehead atoms. The Morgan fingerprint density at radius 3 is 2.88 bits per heavy atom. The fourth-order valence-corrected chi connectivity index (χ4v) is 3.52. The van der Waals surface area contributed by atoms with E-state index in [1.54, 1.807) is 0 Å². The molecular formula is C19H26ClN3O. The summed E-state index contributed by atoms with van der Waals surface area (Å²) in [6, 6.07) is 8.17. The van der Waals surface area contributed by atoms with E-state index in [1.165, 1.54) is 0 Å². The van der Waals surface area contributed by atoms with Gasteiger partial charge in [0.25, 0.3) is 0 Å². The first-order valence-corrected chi connectivity index (χ1v) is 9.16. The molecule has 2 amide bonds. The van der Waals surface area contributed by atoms with Crippen LogP contribution in [0.5, 0.6) is 0 Å². The summed E-state index contributed by atoms with van der Waals surface area (Å²) in [6.07, 6.45) is 5.27. The highest BCUT2D eigenvalue weighted by atomic mass is 35.5. The molecule has 0 spiro atoms. The second-order valence-corrected chi connectivity index (χ2v) is 7.25. The Balaban J connectivity index is 1.52. The largest absolute Gasteiger partial charge is 0.338 e. The van der Waals surface area contributed by atoms with Gasteiger partial charge in [-0.15, -0.1) is 6.58 Å². The van der Waals surface area contributed by atoms with Gasteiger partial charge >= 0.3 is 6.03 Å². The number of amides is 2. The molecule has 130 valence electrons. The molecule has 5 heteroatoms. The summed E-state index contributed by atoms with van der Waals surface area (Å²) in [6.45, 7) is 8.20. The second-order valence-electron chi connectivity index (χ2n) is 6.84. The Morgan fingerprint density at radius 2 is 2.17 bits per heavy atom. The molecule has 1 aromatic rings. The predicted molar refractivity (Wildman–Crippen MR) is 98.2 cm³/mol. The topological polar surface area (TPSA) is 35.6 Å². The molecule has 0 aromatic heterocycles. The first kappa shape index (κ1) is 17.3. The molecule has 1 aliphatic carbocycles. The van der Waals surface area contributed by atoms with Crippen LogP contribution in [0.4, 0.5) is 4.79 Å². The van der Waals surface area contributed by atoms with Crippen molar-refractivity contribution in [3.05, 3.63) is 47.5 Å². The lowest BCUT2D eigenvalue weighted by atomic mass is 10.1. The van der Waals surface area contributed by atoms with Crippen molar-refractivity contribution in [2.75, 3.05) is 26.2 Å². The molecule has 0 radical (unpaired) electrons. The highest BCUT2D eigenvalue weighted by Gasteiger charge is 2.33. The molecule has 2 aliphatic rings. The van der Waals surface area contributed by atoms with Crippen LogP contribution in [0.15, 0.2) is 36.9 Å². The maximum atomic E-state index is 12.6. The van der Waals surface area contributed by atoms with Gasteiger partial charge in [0.15, 0.2) is 0 Å². The van der Waals surface area contributed by atoms with E-state index >= 15 is 0 Å². The fourth-order valence-electron chi connectivity index (χ4n) is 3.32. The minimum atomic E-state index is 0.0413. The highest BCUT2D eigenvalue weighted by Crippen LogP contribution is 2.30. The molecule has 1 aliphatic heterocycles. The van der Waals surface area contributed by atoms with Gasteiger partial charge in [-0.2, -0.15) is 0 Å². The zero-order valence-electron chi connectivity index (χ0n) is 14.1. The van der Waals surface area contributed by atoms with Gasteiger partial charge < -0.3 is 10.2 Å². The molecule has 24 heavy (non-hydrogen) atoms. The van der Waals surface area contributed by atoms with Crippen molar-refractivity contribution in [1.29, 1.82) is 0 Å². The lowest BCUT2D eigenvalue weighted by Crippen LogP contribution is -2.43. The summed E-state index contributed by atoms with van der Waals surface area (Å²) in [5, 5.41) is 3.87. The third-order valence-corrected chi connectivity index (χ3v) is 5.21. The predicted octanol–water partition coefficient (Wildman–Crippen LogP) is 3.52. The maximum absolute atomic E-state index is 12.6. The van der Waals surface area contributed by atoms with Gasteiger partial charge in [0, 0.05) is 37.2 Å². The number of hydrogen-bond donors (Lipinski definition) is 1. The van der Waals surface area contributed by atoms with Gasteiger partial charge in [0.2, 0.25) is 0 Å². The van der Waals surface area contributed by atoms with Crippen LogP contribution >= 0.6 is 11.6 Å².